The number of ether oxygens (including phenoxy) is 1. The monoisotopic (exact) mass is 273 g/mol. The Kier molecular flexibility index (Phi) is 6.09. The van der Waals surface area contributed by atoms with Gasteiger partial charge < -0.3 is 10.1 Å². The minimum Gasteiger partial charge on any atom is -0.466 e. The first-order valence-electron chi connectivity index (χ1n) is 5.92. The van der Waals surface area contributed by atoms with Crippen molar-refractivity contribution in [3.8, 4) is 0 Å². The lowest BCUT2D eigenvalue weighted by Crippen LogP contribution is -2.24. The zero-order valence-corrected chi connectivity index (χ0v) is 11.3. The molecule has 0 aliphatic carbocycles. The van der Waals surface area contributed by atoms with Gasteiger partial charge in [-0.25, -0.2) is 4.39 Å². The Bertz CT molecular complexity index is 412. The number of benzene rings is 1. The Balaban J connectivity index is 2.82. The molecule has 0 bridgehead atoms. The molecule has 1 N–H and O–H groups in total. The van der Waals surface area contributed by atoms with Crippen LogP contribution in [0.5, 0.6) is 0 Å². The van der Waals surface area contributed by atoms with Gasteiger partial charge in [0.25, 0.3) is 0 Å². The highest BCUT2D eigenvalue weighted by molar-refractivity contribution is 6.30. The maximum atomic E-state index is 13.1. The zero-order valence-electron chi connectivity index (χ0n) is 10.5. The van der Waals surface area contributed by atoms with E-state index in [4.69, 9.17) is 16.3 Å². The fourth-order valence-corrected chi connectivity index (χ4v) is 1.86. The highest BCUT2D eigenvalue weighted by Crippen LogP contribution is 2.23. The van der Waals surface area contributed by atoms with Crippen LogP contribution in [-0.4, -0.2) is 19.1 Å². The van der Waals surface area contributed by atoms with E-state index in [9.17, 15) is 9.18 Å². The second-order valence-electron chi connectivity index (χ2n) is 3.79. The van der Waals surface area contributed by atoms with Gasteiger partial charge in [0.2, 0.25) is 0 Å². The Morgan fingerprint density at radius 3 is 2.78 bits per heavy atom. The van der Waals surface area contributed by atoms with Gasteiger partial charge in [0.15, 0.2) is 0 Å². The highest BCUT2D eigenvalue weighted by Gasteiger charge is 2.16. The number of carbonyl (C=O) groups excluding carboxylic acids is 1. The highest BCUT2D eigenvalue weighted by atomic mass is 35.5. The van der Waals surface area contributed by atoms with Gasteiger partial charge in [-0.2, -0.15) is 0 Å². The van der Waals surface area contributed by atoms with Crippen molar-refractivity contribution in [2.45, 2.75) is 26.3 Å². The summed E-state index contributed by atoms with van der Waals surface area (Å²) in [5, 5.41) is 3.21. The molecule has 0 saturated heterocycles. The first-order chi connectivity index (χ1) is 8.58. The quantitative estimate of drug-likeness (QED) is 0.810. The topological polar surface area (TPSA) is 38.3 Å². The number of esters is 1. The van der Waals surface area contributed by atoms with Gasteiger partial charge >= 0.3 is 5.97 Å². The van der Waals surface area contributed by atoms with E-state index in [-0.39, 0.29) is 23.5 Å². The minimum absolute atomic E-state index is 0.0549. The molecule has 0 saturated carbocycles. The molecule has 0 amide bonds. The van der Waals surface area contributed by atoms with Crippen LogP contribution in [0.3, 0.4) is 0 Å². The smallest absolute Gasteiger partial charge is 0.307 e. The summed E-state index contributed by atoms with van der Waals surface area (Å²) >= 11 is 5.74. The van der Waals surface area contributed by atoms with Crippen LogP contribution in [0.2, 0.25) is 5.02 Å². The summed E-state index contributed by atoms with van der Waals surface area (Å²) < 4.78 is 18.0. The molecule has 0 heterocycles. The number of carbonyl (C=O) groups is 1. The number of hydrogen-bond acceptors (Lipinski definition) is 3. The second-order valence-corrected chi connectivity index (χ2v) is 4.20. The molecular formula is C13H17ClFNO2. The van der Waals surface area contributed by atoms with Crippen molar-refractivity contribution in [2.75, 3.05) is 13.2 Å². The largest absolute Gasteiger partial charge is 0.466 e. The van der Waals surface area contributed by atoms with Crippen LogP contribution in [0.4, 0.5) is 4.39 Å². The van der Waals surface area contributed by atoms with Crippen LogP contribution in [0.1, 0.15) is 31.9 Å². The van der Waals surface area contributed by atoms with Gasteiger partial charge in [-0.15, -0.1) is 0 Å². The predicted octanol–water partition coefficient (Wildman–Crippen LogP) is 3.08. The summed E-state index contributed by atoms with van der Waals surface area (Å²) in [5.74, 6) is -0.754. The third-order valence-corrected chi connectivity index (χ3v) is 2.76. The third-order valence-electron chi connectivity index (χ3n) is 2.47. The van der Waals surface area contributed by atoms with Gasteiger partial charge in [0.1, 0.15) is 5.82 Å². The molecule has 1 aromatic carbocycles. The van der Waals surface area contributed by atoms with Crippen molar-refractivity contribution >= 4 is 17.6 Å². The van der Waals surface area contributed by atoms with Crippen LogP contribution in [0.25, 0.3) is 0 Å². The lowest BCUT2D eigenvalue weighted by Gasteiger charge is -2.17. The van der Waals surface area contributed by atoms with Crippen molar-refractivity contribution in [3.63, 3.8) is 0 Å². The maximum absolute atomic E-state index is 13.1. The lowest BCUT2D eigenvalue weighted by molar-refractivity contribution is -0.143. The zero-order chi connectivity index (χ0) is 13.5. The Hall–Kier alpha value is -1.13. The van der Waals surface area contributed by atoms with Gasteiger partial charge in [-0.3, -0.25) is 4.79 Å². The number of rotatable bonds is 6. The molecule has 1 unspecified atom stereocenters. The molecule has 0 spiro atoms. The Morgan fingerprint density at radius 2 is 2.22 bits per heavy atom. The average Bonchev–Trinajstić information content (AvgIpc) is 2.32. The van der Waals surface area contributed by atoms with Gasteiger partial charge in [-0.05, 0) is 31.2 Å². The van der Waals surface area contributed by atoms with E-state index in [1.54, 1.807) is 13.0 Å². The van der Waals surface area contributed by atoms with E-state index in [1.165, 1.54) is 12.1 Å². The van der Waals surface area contributed by atoms with E-state index >= 15 is 0 Å². The van der Waals surface area contributed by atoms with E-state index in [0.717, 1.165) is 5.56 Å². The summed E-state index contributed by atoms with van der Waals surface area (Å²) in [4.78, 5) is 11.5. The summed E-state index contributed by atoms with van der Waals surface area (Å²) in [6, 6.07) is 4.23. The molecule has 1 aromatic rings. The van der Waals surface area contributed by atoms with Crippen LogP contribution >= 0.6 is 11.6 Å². The molecule has 18 heavy (non-hydrogen) atoms. The van der Waals surface area contributed by atoms with Gasteiger partial charge in [0.05, 0.1) is 18.1 Å². The maximum Gasteiger partial charge on any atom is 0.307 e. The standard InChI is InChI=1S/C13H17ClFNO2/c1-3-16-12(8-13(17)18-4-2)9-5-6-11(15)10(14)7-9/h5-7,12,16H,3-4,8H2,1-2H3. The summed E-state index contributed by atoms with van der Waals surface area (Å²) in [7, 11) is 0. The number of halogens is 2. The molecule has 1 atom stereocenters. The van der Waals surface area contributed by atoms with Crippen molar-refractivity contribution in [3.05, 3.63) is 34.6 Å². The first kappa shape index (κ1) is 14.9. The number of hydrogen-bond donors (Lipinski definition) is 1. The van der Waals surface area contributed by atoms with Gasteiger partial charge in [-0.1, -0.05) is 24.6 Å². The van der Waals surface area contributed by atoms with Crippen molar-refractivity contribution in [2.24, 2.45) is 0 Å². The van der Waals surface area contributed by atoms with Crippen molar-refractivity contribution in [1.82, 2.24) is 5.32 Å². The second kappa shape index (κ2) is 7.34. The third kappa shape index (κ3) is 4.27. The van der Waals surface area contributed by atoms with Gasteiger partial charge in [0, 0.05) is 6.04 Å². The van der Waals surface area contributed by atoms with E-state index in [2.05, 4.69) is 5.32 Å². The molecule has 0 aromatic heterocycles. The molecule has 5 heteroatoms. The minimum atomic E-state index is -0.466. The van der Waals surface area contributed by atoms with E-state index < -0.39 is 5.82 Å². The predicted molar refractivity (Wildman–Crippen MR) is 69.1 cm³/mol. The van der Waals surface area contributed by atoms with Crippen LogP contribution in [0, 0.1) is 5.82 Å². The molecule has 0 radical (unpaired) electrons. The normalized spacial score (nSPS) is 12.2. The molecule has 1 rings (SSSR count). The lowest BCUT2D eigenvalue weighted by atomic mass is 10.0. The fourth-order valence-electron chi connectivity index (χ4n) is 1.67. The molecular weight excluding hydrogens is 257 g/mol. The number of nitrogens with one attached hydrogen (secondary N) is 1. The molecule has 0 aliphatic heterocycles. The summed E-state index contributed by atoms with van der Waals surface area (Å²) in [5.41, 5.74) is 0.774. The molecule has 100 valence electrons. The molecule has 0 fully saturated rings. The first-order valence-corrected chi connectivity index (χ1v) is 6.30. The Labute approximate surface area is 111 Å². The molecule has 3 nitrogen and oxygen atoms in total. The van der Waals surface area contributed by atoms with E-state index in [1.807, 2.05) is 6.92 Å². The summed E-state index contributed by atoms with van der Waals surface area (Å²) in [6.07, 6.45) is 0.198. The van der Waals surface area contributed by atoms with Crippen LogP contribution < -0.4 is 5.32 Å². The van der Waals surface area contributed by atoms with Crippen molar-refractivity contribution < 1.29 is 13.9 Å². The molecule has 0 aliphatic rings. The summed E-state index contributed by atoms with van der Waals surface area (Å²) in [6.45, 7) is 4.74. The van der Waals surface area contributed by atoms with Crippen LogP contribution in [0.15, 0.2) is 18.2 Å². The van der Waals surface area contributed by atoms with Crippen LogP contribution in [-0.2, 0) is 9.53 Å². The van der Waals surface area contributed by atoms with Crippen molar-refractivity contribution in [1.29, 1.82) is 0 Å². The van der Waals surface area contributed by atoms with E-state index in [0.29, 0.717) is 13.2 Å². The average molecular weight is 274 g/mol. The fraction of sp³-hybridized carbons (Fsp3) is 0.462. The SMILES string of the molecule is CCNC(CC(=O)OCC)c1ccc(F)c(Cl)c1. The Morgan fingerprint density at radius 1 is 1.50 bits per heavy atom.